The van der Waals surface area contributed by atoms with Crippen molar-refractivity contribution in [2.45, 2.75) is 45.7 Å². The van der Waals surface area contributed by atoms with E-state index in [9.17, 15) is 8.42 Å². The molecule has 0 spiro atoms. The van der Waals surface area contributed by atoms with Crippen molar-refractivity contribution in [3.05, 3.63) is 0 Å². The summed E-state index contributed by atoms with van der Waals surface area (Å²) in [6.45, 7) is 7.30. The monoisotopic (exact) mass is 280 g/mol. The number of rotatable bonds is 10. The van der Waals surface area contributed by atoms with Gasteiger partial charge >= 0.3 is 0 Å². The quantitative estimate of drug-likeness (QED) is 0.608. The van der Waals surface area contributed by atoms with E-state index in [2.05, 4.69) is 19.2 Å². The van der Waals surface area contributed by atoms with Gasteiger partial charge < -0.3 is 10.1 Å². The Morgan fingerprint density at radius 2 is 1.83 bits per heavy atom. The highest BCUT2D eigenvalue weighted by Crippen LogP contribution is 2.07. The van der Waals surface area contributed by atoms with Crippen molar-refractivity contribution in [3.63, 3.8) is 0 Å². The van der Waals surface area contributed by atoms with E-state index in [1.54, 1.807) is 14.2 Å². The number of ether oxygens (including phenoxy) is 1. The predicted octanol–water partition coefficient (Wildman–Crippen LogP) is 1.06. The summed E-state index contributed by atoms with van der Waals surface area (Å²) in [6.07, 6.45) is 1.57. The average Bonchev–Trinajstić information content (AvgIpc) is 2.27. The largest absolute Gasteiger partial charge is 0.383 e. The van der Waals surface area contributed by atoms with Crippen LogP contribution in [0.4, 0.5) is 0 Å². The van der Waals surface area contributed by atoms with E-state index in [0.29, 0.717) is 19.1 Å². The highest BCUT2D eigenvalue weighted by atomic mass is 32.2. The first-order valence-electron chi connectivity index (χ1n) is 6.49. The number of nitrogens with one attached hydrogen (secondary N) is 1. The Kier molecular flexibility index (Phi) is 8.77. The van der Waals surface area contributed by atoms with E-state index in [1.165, 1.54) is 4.31 Å². The van der Waals surface area contributed by atoms with Gasteiger partial charge in [-0.25, -0.2) is 8.42 Å². The maximum absolute atomic E-state index is 12.0. The molecular formula is C12H28N2O3S. The summed E-state index contributed by atoms with van der Waals surface area (Å²) in [7, 11) is 0.0375. The van der Waals surface area contributed by atoms with Crippen LogP contribution in [0.2, 0.25) is 0 Å². The van der Waals surface area contributed by atoms with Gasteiger partial charge in [0.15, 0.2) is 0 Å². The number of sulfonamides is 1. The first kappa shape index (κ1) is 17.8. The lowest BCUT2D eigenvalue weighted by Gasteiger charge is -2.23. The summed E-state index contributed by atoms with van der Waals surface area (Å²) in [6, 6.07) is 0.333. The number of hydrogen-bond donors (Lipinski definition) is 1. The molecule has 0 bridgehead atoms. The molecule has 1 atom stereocenters. The first-order valence-corrected chi connectivity index (χ1v) is 8.10. The topological polar surface area (TPSA) is 58.6 Å². The molecule has 1 unspecified atom stereocenters. The van der Waals surface area contributed by atoms with Crippen LogP contribution >= 0.6 is 0 Å². The van der Waals surface area contributed by atoms with Crippen LogP contribution in [-0.2, 0) is 14.8 Å². The van der Waals surface area contributed by atoms with Crippen LogP contribution in [0.15, 0.2) is 0 Å². The van der Waals surface area contributed by atoms with Crippen LogP contribution in [0, 0.1) is 0 Å². The first-order chi connectivity index (χ1) is 8.31. The SMILES string of the molecule is COCC(C)N(C)S(=O)(=O)CCCCNC(C)C. The van der Waals surface area contributed by atoms with Crippen molar-refractivity contribution in [3.8, 4) is 0 Å². The zero-order valence-electron chi connectivity index (χ0n) is 12.3. The molecule has 0 saturated carbocycles. The molecule has 0 aromatic rings. The molecule has 0 aromatic carbocycles. The lowest BCUT2D eigenvalue weighted by molar-refractivity contribution is 0.149. The fourth-order valence-corrected chi connectivity index (χ4v) is 3.03. The third kappa shape index (κ3) is 7.31. The van der Waals surface area contributed by atoms with Crippen LogP contribution in [0.3, 0.4) is 0 Å². The molecule has 0 saturated heterocycles. The molecule has 0 fully saturated rings. The maximum Gasteiger partial charge on any atom is 0.214 e. The normalized spacial score (nSPS) is 14.4. The van der Waals surface area contributed by atoms with Crippen molar-refractivity contribution in [1.29, 1.82) is 0 Å². The Hall–Kier alpha value is -0.170. The van der Waals surface area contributed by atoms with Gasteiger partial charge in [-0.05, 0) is 26.3 Å². The summed E-state index contributed by atoms with van der Waals surface area (Å²) >= 11 is 0. The smallest absolute Gasteiger partial charge is 0.214 e. The molecule has 0 aliphatic heterocycles. The van der Waals surface area contributed by atoms with E-state index in [0.717, 1.165) is 13.0 Å². The molecule has 6 heteroatoms. The highest BCUT2D eigenvalue weighted by molar-refractivity contribution is 7.89. The second-order valence-electron chi connectivity index (χ2n) is 4.95. The molecule has 0 amide bonds. The molecule has 0 aliphatic rings. The summed E-state index contributed by atoms with van der Waals surface area (Å²) in [5, 5.41) is 3.28. The molecule has 1 N–H and O–H groups in total. The summed E-state index contributed by atoms with van der Waals surface area (Å²) in [4.78, 5) is 0. The van der Waals surface area contributed by atoms with Gasteiger partial charge in [0.1, 0.15) is 0 Å². The standard InChI is InChI=1S/C12H28N2O3S/c1-11(2)13-8-6-7-9-18(15,16)14(4)12(3)10-17-5/h11-13H,6-10H2,1-5H3. The predicted molar refractivity (Wildman–Crippen MR) is 75.3 cm³/mol. The van der Waals surface area contributed by atoms with Gasteiger partial charge in [-0.15, -0.1) is 0 Å². The van der Waals surface area contributed by atoms with Crippen LogP contribution in [0.25, 0.3) is 0 Å². The molecule has 0 aromatic heterocycles. The van der Waals surface area contributed by atoms with E-state index in [1.807, 2.05) is 6.92 Å². The van der Waals surface area contributed by atoms with E-state index >= 15 is 0 Å². The Morgan fingerprint density at radius 3 is 2.33 bits per heavy atom. The van der Waals surface area contributed by atoms with Gasteiger partial charge in [0, 0.05) is 26.2 Å². The number of methoxy groups -OCH3 is 1. The average molecular weight is 280 g/mol. The Bertz CT molecular complexity index is 304. The summed E-state index contributed by atoms with van der Waals surface area (Å²) in [5.41, 5.74) is 0. The van der Waals surface area contributed by atoms with Gasteiger partial charge in [0.05, 0.1) is 12.4 Å². The Morgan fingerprint density at radius 1 is 1.22 bits per heavy atom. The molecule has 0 rings (SSSR count). The maximum atomic E-state index is 12.0. The van der Waals surface area contributed by atoms with Crippen molar-refractivity contribution in [1.82, 2.24) is 9.62 Å². The van der Waals surface area contributed by atoms with Crippen molar-refractivity contribution < 1.29 is 13.2 Å². The van der Waals surface area contributed by atoms with Crippen LogP contribution in [0.1, 0.15) is 33.6 Å². The van der Waals surface area contributed by atoms with Crippen LogP contribution in [-0.4, -0.2) is 57.9 Å². The summed E-state index contributed by atoms with van der Waals surface area (Å²) < 4.78 is 30.4. The Balaban J connectivity index is 3.99. The minimum absolute atomic E-state index is 0.117. The fraction of sp³-hybridized carbons (Fsp3) is 1.00. The second-order valence-corrected chi connectivity index (χ2v) is 7.10. The molecule has 5 nitrogen and oxygen atoms in total. The van der Waals surface area contributed by atoms with Crippen molar-refractivity contribution in [2.75, 3.05) is 33.1 Å². The number of unbranched alkanes of at least 4 members (excludes halogenated alkanes) is 1. The lowest BCUT2D eigenvalue weighted by Crippen LogP contribution is -2.39. The third-order valence-electron chi connectivity index (χ3n) is 2.85. The number of likely N-dealkylation sites (N-methyl/N-ethyl adjacent to an activating group) is 1. The molecular weight excluding hydrogens is 252 g/mol. The van der Waals surface area contributed by atoms with Gasteiger partial charge in [0.25, 0.3) is 0 Å². The van der Waals surface area contributed by atoms with Gasteiger partial charge in [-0.3, -0.25) is 0 Å². The minimum Gasteiger partial charge on any atom is -0.383 e. The zero-order valence-corrected chi connectivity index (χ0v) is 13.1. The minimum atomic E-state index is -3.16. The van der Waals surface area contributed by atoms with E-state index < -0.39 is 10.0 Å². The van der Waals surface area contributed by atoms with Crippen molar-refractivity contribution in [2.24, 2.45) is 0 Å². The second kappa shape index (κ2) is 8.85. The lowest BCUT2D eigenvalue weighted by atomic mass is 10.3. The third-order valence-corrected chi connectivity index (χ3v) is 4.89. The molecule has 0 aliphatic carbocycles. The van der Waals surface area contributed by atoms with Crippen molar-refractivity contribution >= 4 is 10.0 Å². The van der Waals surface area contributed by atoms with E-state index in [-0.39, 0.29) is 11.8 Å². The number of nitrogens with zero attached hydrogens (tertiary/aromatic N) is 1. The Labute approximate surface area is 112 Å². The van der Waals surface area contributed by atoms with Gasteiger partial charge in [0.2, 0.25) is 10.0 Å². The van der Waals surface area contributed by atoms with E-state index in [4.69, 9.17) is 4.74 Å². The summed E-state index contributed by atoms with van der Waals surface area (Å²) in [5.74, 6) is 0.206. The molecule has 110 valence electrons. The van der Waals surface area contributed by atoms with Crippen LogP contribution < -0.4 is 5.32 Å². The van der Waals surface area contributed by atoms with Gasteiger partial charge in [-0.2, -0.15) is 4.31 Å². The van der Waals surface area contributed by atoms with Gasteiger partial charge in [-0.1, -0.05) is 13.8 Å². The molecule has 18 heavy (non-hydrogen) atoms. The number of hydrogen-bond acceptors (Lipinski definition) is 4. The molecule has 0 radical (unpaired) electrons. The molecule has 0 heterocycles. The highest BCUT2D eigenvalue weighted by Gasteiger charge is 2.22. The zero-order chi connectivity index (χ0) is 14.2. The fourth-order valence-electron chi connectivity index (χ4n) is 1.56. The van der Waals surface area contributed by atoms with Crippen LogP contribution in [0.5, 0.6) is 0 Å².